The summed E-state index contributed by atoms with van der Waals surface area (Å²) in [6, 6.07) is 10.8. The van der Waals surface area contributed by atoms with Gasteiger partial charge in [0.25, 0.3) is 0 Å². The van der Waals surface area contributed by atoms with Crippen molar-refractivity contribution in [1.82, 2.24) is 0 Å². The maximum Gasteiger partial charge on any atom is 0.195 e. The van der Waals surface area contributed by atoms with Crippen LogP contribution in [-0.4, -0.2) is 0 Å². The van der Waals surface area contributed by atoms with Crippen molar-refractivity contribution in [1.29, 1.82) is 0 Å². The lowest BCUT2D eigenvalue weighted by Crippen LogP contribution is -1.96. The second-order valence-electron chi connectivity index (χ2n) is 7.32. The van der Waals surface area contributed by atoms with E-state index in [1.54, 1.807) is 19.1 Å². The van der Waals surface area contributed by atoms with Crippen LogP contribution in [0.5, 0.6) is 0 Å². The molecular formula is C26H16F6. The molecule has 0 saturated heterocycles. The Kier molecular flexibility index (Phi) is 5.78. The zero-order valence-electron chi connectivity index (χ0n) is 16.8. The van der Waals surface area contributed by atoms with Gasteiger partial charge in [-0.25, -0.2) is 26.3 Å². The summed E-state index contributed by atoms with van der Waals surface area (Å²) < 4.78 is 85.0. The summed E-state index contributed by atoms with van der Waals surface area (Å²) >= 11 is 0. The van der Waals surface area contributed by atoms with Gasteiger partial charge in [-0.05, 0) is 65.8 Å². The lowest BCUT2D eigenvalue weighted by Gasteiger charge is -2.11. The highest BCUT2D eigenvalue weighted by molar-refractivity contribution is 5.88. The second-order valence-corrected chi connectivity index (χ2v) is 7.32. The molecule has 0 unspecified atom stereocenters. The van der Waals surface area contributed by atoms with E-state index in [2.05, 4.69) is 0 Å². The van der Waals surface area contributed by atoms with Crippen LogP contribution in [0.15, 0.2) is 66.7 Å². The largest absolute Gasteiger partial charge is 0.206 e. The molecule has 0 aliphatic heterocycles. The molecule has 0 bridgehead atoms. The van der Waals surface area contributed by atoms with E-state index in [-0.39, 0.29) is 33.0 Å². The molecule has 4 rings (SSSR count). The van der Waals surface area contributed by atoms with Gasteiger partial charge in [-0.1, -0.05) is 36.4 Å². The first kappa shape index (κ1) is 21.7. The Bertz CT molecular complexity index is 1350. The third-order valence-electron chi connectivity index (χ3n) is 5.23. The molecule has 0 nitrogen and oxygen atoms in total. The van der Waals surface area contributed by atoms with E-state index < -0.39 is 34.9 Å². The van der Waals surface area contributed by atoms with Crippen LogP contribution in [0.1, 0.15) is 12.5 Å². The maximum atomic E-state index is 14.9. The average Bonchev–Trinajstić information content (AvgIpc) is 2.75. The summed E-state index contributed by atoms with van der Waals surface area (Å²) in [6.07, 6.45) is 3.90. The molecule has 0 radical (unpaired) electrons. The predicted molar refractivity (Wildman–Crippen MR) is 113 cm³/mol. The second kappa shape index (κ2) is 8.54. The molecule has 0 atom stereocenters. The number of fused-ring (bicyclic) bond motifs is 1. The molecule has 4 aromatic rings. The fourth-order valence-electron chi connectivity index (χ4n) is 3.65. The number of hydrogen-bond acceptors (Lipinski definition) is 0. The molecule has 0 heterocycles. The van der Waals surface area contributed by atoms with Crippen molar-refractivity contribution in [2.75, 3.05) is 0 Å². The van der Waals surface area contributed by atoms with Crippen LogP contribution >= 0.6 is 0 Å². The Morgan fingerprint density at radius 3 is 2.00 bits per heavy atom. The molecule has 0 aliphatic carbocycles. The number of halogens is 6. The molecule has 0 spiro atoms. The Morgan fingerprint density at radius 2 is 1.34 bits per heavy atom. The van der Waals surface area contributed by atoms with Crippen molar-refractivity contribution in [3.05, 3.63) is 107 Å². The molecule has 0 fully saturated rings. The molecule has 0 amide bonds. The zero-order chi connectivity index (χ0) is 23.0. The van der Waals surface area contributed by atoms with Crippen molar-refractivity contribution < 1.29 is 26.3 Å². The fourth-order valence-corrected chi connectivity index (χ4v) is 3.65. The van der Waals surface area contributed by atoms with Crippen LogP contribution in [0.4, 0.5) is 26.3 Å². The highest BCUT2D eigenvalue weighted by atomic mass is 19.2. The van der Waals surface area contributed by atoms with Crippen molar-refractivity contribution >= 4 is 10.8 Å². The smallest absolute Gasteiger partial charge is 0.195 e. The van der Waals surface area contributed by atoms with Gasteiger partial charge in [0.15, 0.2) is 17.5 Å². The highest BCUT2D eigenvalue weighted by Gasteiger charge is 2.17. The van der Waals surface area contributed by atoms with E-state index >= 15 is 0 Å². The summed E-state index contributed by atoms with van der Waals surface area (Å²) in [4.78, 5) is 0. The van der Waals surface area contributed by atoms with Gasteiger partial charge in [0.05, 0.1) is 5.56 Å². The van der Waals surface area contributed by atoms with E-state index in [4.69, 9.17) is 0 Å². The molecule has 0 aromatic heterocycles. The van der Waals surface area contributed by atoms with E-state index in [0.717, 1.165) is 12.1 Å². The summed E-state index contributed by atoms with van der Waals surface area (Å²) in [5.74, 6) is -6.66. The Hall–Kier alpha value is -3.54. The molecule has 6 heteroatoms. The average molecular weight is 442 g/mol. The summed E-state index contributed by atoms with van der Waals surface area (Å²) in [7, 11) is 0. The summed E-state index contributed by atoms with van der Waals surface area (Å²) in [5.41, 5.74) is 0.448. The van der Waals surface area contributed by atoms with Crippen molar-refractivity contribution in [3.63, 3.8) is 0 Å². The third kappa shape index (κ3) is 3.88. The highest BCUT2D eigenvalue weighted by Crippen LogP contribution is 2.34. The Morgan fingerprint density at radius 1 is 0.656 bits per heavy atom. The van der Waals surface area contributed by atoms with Crippen LogP contribution < -0.4 is 0 Å². The van der Waals surface area contributed by atoms with Crippen LogP contribution in [0.2, 0.25) is 0 Å². The first-order valence-corrected chi connectivity index (χ1v) is 9.76. The van der Waals surface area contributed by atoms with Gasteiger partial charge < -0.3 is 0 Å². The minimum Gasteiger partial charge on any atom is -0.206 e. The molecule has 162 valence electrons. The Labute approximate surface area is 180 Å². The number of benzene rings is 4. The van der Waals surface area contributed by atoms with Crippen molar-refractivity contribution in [2.45, 2.75) is 13.3 Å². The minimum absolute atomic E-state index is 0.0128. The molecular weight excluding hydrogens is 426 g/mol. The quantitative estimate of drug-likeness (QED) is 0.170. The standard InChI is InChI=1S/C26H16F6/c1-2-3-4-14-9-21(28)24(22(29)10-14)16-6-7-18(20(27)12-16)15-5-8-19-17(11-15)13-23(30)26(32)25(19)31/h2-3,5-13H,4H2,1H3. The molecule has 0 N–H and O–H groups in total. The number of hydrogen-bond donors (Lipinski definition) is 0. The SMILES string of the molecule is CC=CCc1cc(F)c(-c2ccc(-c3ccc4c(F)c(F)c(F)cc4c3)c(F)c2)c(F)c1. The van der Waals surface area contributed by atoms with E-state index in [1.165, 1.54) is 42.5 Å². The molecule has 0 saturated carbocycles. The van der Waals surface area contributed by atoms with Gasteiger partial charge in [0.1, 0.15) is 17.5 Å². The lowest BCUT2D eigenvalue weighted by atomic mass is 9.96. The van der Waals surface area contributed by atoms with E-state index in [9.17, 15) is 26.3 Å². The number of allylic oxidation sites excluding steroid dienone is 2. The van der Waals surface area contributed by atoms with Gasteiger partial charge >= 0.3 is 0 Å². The van der Waals surface area contributed by atoms with Gasteiger partial charge in [-0.2, -0.15) is 0 Å². The predicted octanol–water partition coefficient (Wildman–Crippen LogP) is 8.13. The first-order valence-electron chi connectivity index (χ1n) is 9.76. The third-order valence-corrected chi connectivity index (χ3v) is 5.23. The van der Waals surface area contributed by atoms with Crippen molar-refractivity contribution in [3.8, 4) is 22.3 Å². The number of rotatable bonds is 4. The van der Waals surface area contributed by atoms with Crippen LogP contribution in [0.3, 0.4) is 0 Å². The van der Waals surface area contributed by atoms with Crippen LogP contribution in [0, 0.1) is 34.9 Å². The zero-order valence-corrected chi connectivity index (χ0v) is 16.8. The molecule has 4 aromatic carbocycles. The normalized spacial score (nSPS) is 11.6. The fraction of sp³-hybridized carbons (Fsp3) is 0.0769. The Balaban J connectivity index is 1.75. The first-order chi connectivity index (χ1) is 15.3. The van der Waals surface area contributed by atoms with Crippen molar-refractivity contribution in [2.24, 2.45) is 0 Å². The van der Waals surface area contributed by atoms with Gasteiger partial charge in [0.2, 0.25) is 0 Å². The minimum atomic E-state index is -1.58. The van der Waals surface area contributed by atoms with Crippen LogP contribution in [-0.2, 0) is 6.42 Å². The van der Waals surface area contributed by atoms with Gasteiger partial charge in [-0.15, -0.1) is 0 Å². The maximum absolute atomic E-state index is 14.9. The van der Waals surface area contributed by atoms with Gasteiger partial charge in [0, 0.05) is 10.9 Å². The van der Waals surface area contributed by atoms with Gasteiger partial charge in [-0.3, -0.25) is 0 Å². The summed E-state index contributed by atoms with van der Waals surface area (Å²) in [6.45, 7) is 1.80. The van der Waals surface area contributed by atoms with E-state index in [0.29, 0.717) is 12.0 Å². The molecule has 0 aliphatic rings. The summed E-state index contributed by atoms with van der Waals surface area (Å²) in [5, 5.41) is -0.0944. The van der Waals surface area contributed by atoms with Crippen LogP contribution in [0.25, 0.3) is 33.0 Å². The topological polar surface area (TPSA) is 0 Å². The monoisotopic (exact) mass is 442 g/mol. The van der Waals surface area contributed by atoms with E-state index in [1.807, 2.05) is 0 Å². The lowest BCUT2D eigenvalue weighted by molar-refractivity contribution is 0.453. The molecule has 32 heavy (non-hydrogen) atoms.